The third-order valence-corrected chi connectivity index (χ3v) is 4.66. The minimum absolute atomic E-state index is 0.140. The molecule has 1 aliphatic rings. The molecule has 0 saturated carbocycles. The third kappa shape index (κ3) is 4.23. The molecule has 3 rings (SSSR count). The van der Waals surface area contributed by atoms with Crippen LogP contribution in [0.15, 0.2) is 42.7 Å². The molecule has 0 unspecified atom stereocenters. The maximum atomic E-state index is 12.9. The number of hydrogen-bond acceptors (Lipinski definition) is 4. The van der Waals surface area contributed by atoms with Gasteiger partial charge < -0.3 is 15.0 Å². The van der Waals surface area contributed by atoms with Crippen molar-refractivity contribution in [3.63, 3.8) is 0 Å². The van der Waals surface area contributed by atoms with Gasteiger partial charge in [-0.05, 0) is 24.1 Å². The van der Waals surface area contributed by atoms with E-state index in [1.54, 1.807) is 36.3 Å². The van der Waals surface area contributed by atoms with Crippen molar-refractivity contribution < 1.29 is 14.3 Å². The number of amides is 2. The first-order valence-corrected chi connectivity index (χ1v) is 8.82. The summed E-state index contributed by atoms with van der Waals surface area (Å²) in [6, 6.07) is 8.40. The molecule has 2 aromatic rings. The predicted molar refractivity (Wildman–Crippen MR) is 96.6 cm³/mol. The molecular formula is C18H21ClN4O3. The summed E-state index contributed by atoms with van der Waals surface area (Å²) in [5.41, 5.74) is 0.672. The van der Waals surface area contributed by atoms with Gasteiger partial charge in [0.05, 0.1) is 6.04 Å². The molecule has 2 atom stereocenters. The van der Waals surface area contributed by atoms with E-state index in [0.29, 0.717) is 17.1 Å². The maximum Gasteiger partial charge on any atom is 0.253 e. The molecule has 0 radical (unpaired) electrons. The Hall–Kier alpha value is -2.38. The molecule has 0 aliphatic carbocycles. The Morgan fingerprint density at radius 2 is 2.23 bits per heavy atom. The molecule has 0 bridgehead atoms. The Kier molecular flexibility index (Phi) is 5.90. The fourth-order valence-corrected chi connectivity index (χ4v) is 3.22. The summed E-state index contributed by atoms with van der Waals surface area (Å²) < 4.78 is 7.39. The topological polar surface area (TPSA) is 76.5 Å². The number of benzene rings is 1. The highest BCUT2D eigenvalue weighted by Crippen LogP contribution is 2.29. The van der Waals surface area contributed by atoms with Gasteiger partial charge in [-0.2, -0.15) is 5.10 Å². The van der Waals surface area contributed by atoms with Gasteiger partial charge in [0.25, 0.3) is 5.91 Å². The summed E-state index contributed by atoms with van der Waals surface area (Å²) >= 11 is 6.25. The van der Waals surface area contributed by atoms with Gasteiger partial charge >= 0.3 is 0 Å². The monoisotopic (exact) mass is 376 g/mol. The standard InChI is InChI=1S/C18H21ClN4O3/c1-22(9-5-11-23-10-4-8-20-23)18(25)17-16(21-15(24)12-26-17)13-6-2-3-7-14(13)19/h2-4,6-8,10,16-17H,5,9,11-12H2,1H3,(H,21,24)/t16-,17+/m1/s1. The Morgan fingerprint density at radius 3 is 2.96 bits per heavy atom. The van der Waals surface area contributed by atoms with Gasteiger partial charge in [-0.15, -0.1) is 0 Å². The van der Waals surface area contributed by atoms with Crippen LogP contribution in [-0.4, -0.2) is 52.8 Å². The molecule has 1 aliphatic heterocycles. The molecule has 138 valence electrons. The highest BCUT2D eigenvalue weighted by Gasteiger charge is 2.38. The first-order chi connectivity index (χ1) is 12.6. The molecule has 2 amide bonds. The lowest BCUT2D eigenvalue weighted by Gasteiger charge is -2.34. The number of aromatic nitrogens is 2. The van der Waals surface area contributed by atoms with Crippen molar-refractivity contribution in [3.05, 3.63) is 53.3 Å². The van der Waals surface area contributed by atoms with Crippen LogP contribution in [0.3, 0.4) is 0 Å². The van der Waals surface area contributed by atoms with Crippen LogP contribution < -0.4 is 5.32 Å². The molecule has 7 nitrogen and oxygen atoms in total. The van der Waals surface area contributed by atoms with Gasteiger partial charge in [0.2, 0.25) is 5.91 Å². The molecule has 1 aromatic heterocycles. The van der Waals surface area contributed by atoms with E-state index in [1.807, 2.05) is 23.0 Å². The molecule has 1 fully saturated rings. The van der Waals surface area contributed by atoms with Gasteiger partial charge in [0.15, 0.2) is 6.10 Å². The number of hydrogen-bond donors (Lipinski definition) is 1. The largest absolute Gasteiger partial charge is 0.356 e. The molecule has 1 aromatic carbocycles. The van der Waals surface area contributed by atoms with E-state index in [9.17, 15) is 9.59 Å². The summed E-state index contributed by atoms with van der Waals surface area (Å²) in [4.78, 5) is 26.3. The Balaban J connectivity index is 1.67. The zero-order chi connectivity index (χ0) is 18.5. The zero-order valence-electron chi connectivity index (χ0n) is 14.5. The van der Waals surface area contributed by atoms with Crippen LogP contribution in [0.1, 0.15) is 18.0 Å². The smallest absolute Gasteiger partial charge is 0.253 e. The lowest BCUT2D eigenvalue weighted by molar-refractivity contribution is -0.154. The van der Waals surface area contributed by atoms with E-state index >= 15 is 0 Å². The first kappa shape index (κ1) is 18.4. The number of nitrogens with one attached hydrogen (secondary N) is 1. The molecule has 0 spiro atoms. The van der Waals surface area contributed by atoms with Gasteiger partial charge in [-0.3, -0.25) is 14.3 Å². The molecule has 8 heteroatoms. The Bertz CT molecular complexity index is 766. The van der Waals surface area contributed by atoms with Crippen molar-refractivity contribution in [1.82, 2.24) is 20.0 Å². The summed E-state index contributed by atoms with van der Waals surface area (Å²) in [6.45, 7) is 1.14. The lowest BCUT2D eigenvalue weighted by atomic mass is 9.98. The van der Waals surface area contributed by atoms with Gasteiger partial charge in [-0.25, -0.2) is 0 Å². The first-order valence-electron chi connectivity index (χ1n) is 8.44. The number of carbonyl (C=O) groups excluding carboxylic acids is 2. The molecule has 1 saturated heterocycles. The van der Waals surface area contributed by atoms with Gasteiger partial charge in [0, 0.05) is 37.6 Å². The summed E-state index contributed by atoms with van der Waals surface area (Å²) in [6.07, 6.45) is 3.57. The molecule has 1 N–H and O–H groups in total. The van der Waals surface area contributed by atoms with Crippen molar-refractivity contribution >= 4 is 23.4 Å². The fraction of sp³-hybridized carbons (Fsp3) is 0.389. The number of likely N-dealkylation sites (N-methyl/N-ethyl adjacent to an activating group) is 1. The van der Waals surface area contributed by atoms with Crippen molar-refractivity contribution in [2.45, 2.75) is 25.1 Å². The number of ether oxygens (including phenoxy) is 1. The lowest BCUT2D eigenvalue weighted by Crippen LogP contribution is -2.52. The average Bonchev–Trinajstić information content (AvgIpc) is 3.15. The fourth-order valence-electron chi connectivity index (χ4n) is 2.96. The van der Waals surface area contributed by atoms with Gasteiger partial charge in [0.1, 0.15) is 6.61 Å². The second kappa shape index (κ2) is 8.33. The Labute approximate surface area is 156 Å². The number of aryl methyl sites for hydroxylation is 1. The number of morpholine rings is 1. The highest BCUT2D eigenvalue weighted by molar-refractivity contribution is 6.31. The molecular weight excluding hydrogens is 356 g/mol. The van der Waals surface area contributed by atoms with Crippen LogP contribution >= 0.6 is 11.6 Å². The van der Waals surface area contributed by atoms with Crippen LogP contribution in [-0.2, 0) is 20.9 Å². The van der Waals surface area contributed by atoms with Crippen LogP contribution in [0.4, 0.5) is 0 Å². The van der Waals surface area contributed by atoms with E-state index in [1.165, 1.54) is 0 Å². The minimum atomic E-state index is -0.803. The highest BCUT2D eigenvalue weighted by atomic mass is 35.5. The van der Waals surface area contributed by atoms with E-state index in [4.69, 9.17) is 16.3 Å². The second-order valence-corrected chi connectivity index (χ2v) is 6.59. The molecule has 26 heavy (non-hydrogen) atoms. The van der Waals surface area contributed by atoms with E-state index in [2.05, 4.69) is 10.4 Å². The van der Waals surface area contributed by atoms with Crippen LogP contribution in [0, 0.1) is 0 Å². The van der Waals surface area contributed by atoms with Crippen molar-refractivity contribution in [1.29, 1.82) is 0 Å². The van der Waals surface area contributed by atoms with E-state index < -0.39 is 12.1 Å². The third-order valence-electron chi connectivity index (χ3n) is 4.31. The van der Waals surface area contributed by atoms with Crippen molar-refractivity contribution in [2.24, 2.45) is 0 Å². The van der Waals surface area contributed by atoms with Crippen molar-refractivity contribution in [3.8, 4) is 0 Å². The minimum Gasteiger partial charge on any atom is -0.356 e. The van der Waals surface area contributed by atoms with Crippen molar-refractivity contribution in [2.75, 3.05) is 20.2 Å². The van der Waals surface area contributed by atoms with E-state index in [-0.39, 0.29) is 18.4 Å². The SMILES string of the molecule is CN(CCCn1cccn1)C(=O)[C@H]1OCC(=O)N[C@@H]1c1ccccc1Cl. The number of rotatable bonds is 6. The van der Waals surface area contributed by atoms with Crippen LogP contribution in [0.25, 0.3) is 0 Å². The Morgan fingerprint density at radius 1 is 1.42 bits per heavy atom. The van der Waals surface area contributed by atoms with Gasteiger partial charge in [-0.1, -0.05) is 29.8 Å². The van der Waals surface area contributed by atoms with Crippen LogP contribution in [0.2, 0.25) is 5.02 Å². The number of nitrogens with zero attached hydrogens (tertiary/aromatic N) is 3. The average molecular weight is 377 g/mol. The number of halogens is 1. The summed E-state index contributed by atoms with van der Waals surface area (Å²) in [7, 11) is 1.73. The summed E-state index contributed by atoms with van der Waals surface area (Å²) in [5, 5.41) is 7.46. The second-order valence-electron chi connectivity index (χ2n) is 6.18. The number of carbonyl (C=O) groups is 2. The molecule has 2 heterocycles. The van der Waals surface area contributed by atoms with Crippen LogP contribution in [0.5, 0.6) is 0 Å². The van der Waals surface area contributed by atoms with E-state index in [0.717, 1.165) is 13.0 Å². The normalized spacial score (nSPS) is 19.8. The predicted octanol–water partition coefficient (Wildman–Crippen LogP) is 1.64. The summed E-state index contributed by atoms with van der Waals surface area (Å²) in [5.74, 6) is -0.448. The quantitative estimate of drug-likeness (QED) is 0.831. The maximum absolute atomic E-state index is 12.9. The zero-order valence-corrected chi connectivity index (χ0v) is 15.2.